The zero-order valence-electron chi connectivity index (χ0n) is 17.3. The number of ether oxygens (including phenoxy) is 3. The van der Waals surface area contributed by atoms with Crippen LogP contribution in [0.25, 0.3) is 0 Å². The molecule has 1 saturated carbocycles. The molecule has 0 bridgehead atoms. The van der Waals surface area contributed by atoms with Gasteiger partial charge in [0.25, 0.3) is 5.91 Å². The molecule has 0 heterocycles. The monoisotopic (exact) mass is 391 g/mol. The van der Waals surface area contributed by atoms with Crippen LogP contribution in [-0.4, -0.2) is 37.3 Å². The van der Waals surface area contributed by atoms with Crippen LogP contribution in [0.5, 0.6) is 5.75 Å². The van der Waals surface area contributed by atoms with E-state index in [2.05, 4.69) is 5.32 Å². The molecule has 1 aliphatic rings. The van der Waals surface area contributed by atoms with E-state index in [1.165, 1.54) is 0 Å². The average molecular weight is 392 g/mol. The molecular formula is C22H33NO5. The zero-order chi connectivity index (χ0) is 20.4. The summed E-state index contributed by atoms with van der Waals surface area (Å²) in [6, 6.07) is 5.05. The number of amides is 1. The number of benzene rings is 1. The van der Waals surface area contributed by atoms with Crippen LogP contribution in [0.15, 0.2) is 18.2 Å². The van der Waals surface area contributed by atoms with Gasteiger partial charge in [-0.15, -0.1) is 0 Å². The van der Waals surface area contributed by atoms with E-state index in [4.69, 9.17) is 14.2 Å². The minimum Gasteiger partial charge on any atom is -0.493 e. The molecule has 0 aromatic heterocycles. The Balaban J connectivity index is 2.24. The van der Waals surface area contributed by atoms with Crippen LogP contribution < -0.4 is 10.1 Å². The lowest BCUT2D eigenvalue weighted by Gasteiger charge is -2.31. The van der Waals surface area contributed by atoms with Crippen LogP contribution in [0, 0.1) is 0 Å². The molecule has 1 N–H and O–H groups in total. The number of hydrogen-bond donors (Lipinski definition) is 1. The summed E-state index contributed by atoms with van der Waals surface area (Å²) in [5.74, 6) is -0.152. The van der Waals surface area contributed by atoms with Crippen molar-refractivity contribution in [3.05, 3.63) is 23.8 Å². The molecule has 1 amide bonds. The maximum atomic E-state index is 13.2. The second kappa shape index (κ2) is 11.1. The molecule has 0 atom stereocenters. The van der Waals surface area contributed by atoms with Crippen molar-refractivity contribution in [1.82, 2.24) is 0 Å². The van der Waals surface area contributed by atoms with E-state index in [0.717, 1.165) is 44.9 Å². The third-order valence-corrected chi connectivity index (χ3v) is 4.94. The third-order valence-electron chi connectivity index (χ3n) is 4.94. The molecule has 0 unspecified atom stereocenters. The summed E-state index contributed by atoms with van der Waals surface area (Å²) >= 11 is 0. The van der Waals surface area contributed by atoms with Crippen molar-refractivity contribution in [2.75, 3.05) is 25.1 Å². The maximum absolute atomic E-state index is 13.2. The summed E-state index contributed by atoms with van der Waals surface area (Å²) in [5, 5.41) is 2.97. The molecule has 0 radical (unpaired) electrons. The second-order valence-corrected chi connectivity index (χ2v) is 7.08. The predicted molar refractivity (Wildman–Crippen MR) is 109 cm³/mol. The highest BCUT2D eigenvalue weighted by atomic mass is 16.5. The molecule has 2 rings (SSSR count). The Morgan fingerprint density at radius 3 is 2.36 bits per heavy atom. The van der Waals surface area contributed by atoms with Crippen molar-refractivity contribution in [1.29, 1.82) is 0 Å². The van der Waals surface area contributed by atoms with E-state index in [0.29, 0.717) is 30.2 Å². The van der Waals surface area contributed by atoms with Crippen LogP contribution in [-0.2, 0) is 14.3 Å². The van der Waals surface area contributed by atoms with E-state index < -0.39 is 11.6 Å². The van der Waals surface area contributed by atoms with E-state index in [1.807, 2.05) is 13.8 Å². The van der Waals surface area contributed by atoms with Crippen LogP contribution in [0.3, 0.4) is 0 Å². The van der Waals surface area contributed by atoms with Crippen LogP contribution >= 0.6 is 0 Å². The number of carbonyl (C=O) groups is 2. The molecule has 6 heteroatoms. The van der Waals surface area contributed by atoms with E-state index >= 15 is 0 Å². The summed E-state index contributed by atoms with van der Waals surface area (Å²) in [4.78, 5) is 25.5. The van der Waals surface area contributed by atoms with E-state index in [9.17, 15) is 9.59 Å². The molecule has 6 nitrogen and oxygen atoms in total. The quantitative estimate of drug-likeness (QED) is 0.487. The largest absolute Gasteiger partial charge is 0.493 e. The van der Waals surface area contributed by atoms with Gasteiger partial charge in [-0.1, -0.05) is 32.6 Å². The summed E-state index contributed by atoms with van der Waals surface area (Å²) in [7, 11) is 0. The van der Waals surface area contributed by atoms with Gasteiger partial charge in [0.2, 0.25) is 0 Å². The number of carbonyl (C=O) groups excluding carboxylic acids is 2. The fraction of sp³-hybridized carbons (Fsp3) is 0.636. The summed E-state index contributed by atoms with van der Waals surface area (Å²) in [5.41, 5.74) is 0.0565. The lowest BCUT2D eigenvalue weighted by atomic mass is 9.92. The number of anilines is 1. The van der Waals surface area contributed by atoms with Crippen molar-refractivity contribution in [2.45, 2.75) is 71.3 Å². The fourth-order valence-electron chi connectivity index (χ4n) is 3.54. The van der Waals surface area contributed by atoms with Gasteiger partial charge in [-0.05, 0) is 51.3 Å². The lowest BCUT2D eigenvalue weighted by molar-refractivity contribution is -0.143. The Bertz CT molecular complexity index is 650. The maximum Gasteiger partial charge on any atom is 0.341 e. The van der Waals surface area contributed by atoms with Gasteiger partial charge in [-0.2, -0.15) is 0 Å². The third kappa shape index (κ3) is 5.71. The van der Waals surface area contributed by atoms with Gasteiger partial charge in [0, 0.05) is 12.3 Å². The molecule has 1 fully saturated rings. The van der Waals surface area contributed by atoms with Gasteiger partial charge in [-0.3, -0.25) is 4.79 Å². The smallest absolute Gasteiger partial charge is 0.341 e. The molecular weight excluding hydrogens is 358 g/mol. The summed E-state index contributed by atoms with van der Waals surface area (Å²) in [6.07, 6.45) is 6.52. The molecule has 1 aliphatic carbocycles. The highest BCUT2D eigenvalue weighted by Crippen LogP contribution is 2.33. The first kappa shape index (κ1) is 22.2. The normalized spacial score (nSPS) is 16.1. The summed E-state index contributed by atoms with van der Waals surface area (Å²) < 4.78 is 16.7. The van der Waals surface area contributed by atoms with E-state index in [-0.39, 0.29) is 12.5 Å². The van der Waals surface area contributed by atoms with Crippen molar-refractivity contribution in [3.63, 3.8) is 0 Å². The highest BCUT2D eigenvalue weighted by Gasteiger charge is 2.39. The number of esters is 1. The van der Waals surface area contributed by atoms with E-state index in [1.54, 1.807) is 25.1 Å². The van der Waals surface area contributed by atoms with Gasteiger partial charge in [0.05, 0.1) is 13.2 Å². The van der Waals surface area contributed by atoms with Crippen molar-refractivity contribution >= 4 is 17.6 Å². The summed E-state index contributed by atoms with van der Waals surface area (Å²) in [6.45, 7) is 6.92. The number of rotatable bonds is 9. The first-order chi connectivity index (χ1) is 13.6. The minimum absolute atomic E-state index is 0.137. The number of nitrogens with one attached hydrogen (secondary N) is 1. The molecule has 0 aliphatic heterocycles. The van der Waals surface area contributed by atoms with Gasteiger partial charge in [0.15, 0.2) is 0 Å². The Morgan fingerprint density at radius 1 is 1.04 bits per heavy atom. The SMILES string of the molecule is CCCOC1(C(=O)Nc2ccc(OCC)c(C(=O)OCC)c2)CCCCCC1. The zero-order valence-corrected chi connectivity index (χ0v) is 17.3. The van der Waals surface area contributed by atoms with Gasteiger partial charge in [-0.25, -0.2) is 4.79 Å². The Morgan fingerprint density at radius 2 is 1.75 bits per heavy atom. The van der Waals surface area contributed by atoms with Crippen LogP contribution in [0.2, 0.25) is 0 Å². The van der Waals surface area contributed by atoms with Crippen molar-refractivity contribution in [2.24, 2.45) is 0 Å². The van der Waals surface area contributed by atoms with Crippen molar-refractivity contribution < 1.29 is 23.8 Å². The second-order valence-electron chi connectivity index (χ2n) is 7.08. The van der Waals surface area contributed by atoms with Crippen molar-refractivity contribution in [3.8, 4) is 5.75 Å². The molecule has 1 aromatic carbocycles. The fourth-order valence-corrected chi connectivity index (χ4v) is 3.54. The van der Waals surface area contributed by atoms with Crippen LogP contribution in [0.1, 0.15) is 76.1 Å². The van der Waals surface area contributed by atoms with Gasteiger partial charge in [0.1, 0.15) is 16.9 Å². The molecule has 0 spiro atoms. The highest BCUT2D eigenvalue weighted by molar-refractivity contribution is 5.99. The van der Waals surface area contributed by atoms with Crippen LogP contribution in [0.4, 0.5) is 5.69 Å². The Kier molecular flexibility index (Phi) is 8.77. The first-order valence-electron chi connectivity index (χ1n) is 10.5. The first-order valence-corrected chi connectivity index (χ1v) is 10.5. The standard InChI is InChI=1S/C22H33NO5/c1-4-15-28-22(13-9-7-8-10-14-22)21(25)23-17-11-12-19(26-5-2)18(16-17)20(24)27-6-3/h11-12,16H,4-10,13-15H2,1-3H3,(H,23,25). The molecule has 28 heavy (non-hydrogen) atoms. The molecule has 156 valence electrons. The van der Waals surface area contributed by atoms with Gasteiger partial charge >= 0.3 is 5.97 Å². The topological polar surface area (TPSA) is 73.9 Å². The molecule has 0 saturated heterocycles. The number of hydrogen-bond acceptors (Lipinski definition) is 5. The van der Waals surface area contributed by atoms with Gasteiger partial charge < -0.3 is 19.5 Å². The average Bonchev–Trinajstić information content (AvgIpc) is 2.94. The Labute approximate surface area is 167 Å². The lowest BCUT2D eigenvalue weighted by Crippen LogP contribution is -2.45. The predicted octanol–water partition coefficient (Wildman–Crippen LogP) is 4.72. The Hall–Kier alpha value is -2.08. The molecule has 1 aromatic rings. The minimum atomic E-state index is -0.796.